The van der Waals surface area contributed by atoms with E-state index in [-0.39, 0.29) is 5.82 Å². The number of para-hydroxylation sites is 1. The van der Waals surface area contributed by atoms with Crippen LogP contribution in [0.1, 0.15) is 29.7 Å². The summed E-state index contributed by atoms with van der Waals surface area (Å²) in [6, 6.07) is 4.94. The standard InChI is InChI=1S/C14H13FN2S/c15-10-6-3-5-9-12(14(16)18)8-4-1-2-7-11(8)17-13(9)10/h3,5-6H,1-2,4,7H2,(H2,16,18). The third-order valence-electron chi connectivity index (χ3n) is 3.49. The van der Waals surface area contributed by atoms with Crippen LogP contribution in [0.15, 0.2) is 18.2 Å². The molecule has 0 atom stereocenters. The summed E-state index contributed by atoms with van der Waals surface area (Å²) >= 11 is 5.15. The van der Waals surface area contributed by atoms with Crippen molar-refractivity contribution in [3.63, 3.8) is 0 Å². The lowest BCUT2D eigenvalue weighted by atomic mass is 9.90. The fourth-order valence-electron chi connectivity index (χ4n) is 2.69. The van der Waals surface area contributed by atoms with Gasteiger partial charge < -0.3 is 5.73 Å². The van der Waals surface area contributed by atoms with E-state index in [1.807, 2.05) is 6.07 Å². The van der Waals surface area contributed by atoms with E-state index in [1.165, 1.54) is 6.07 Å². The number of fused-ring (bicyclic) bond motifs is 2. The molecule has 1 aliphatic carbocycles. The zero-order valence-electron chi connectivity index (χ0n) is 9.87. The third-order valence-corrected chi connectivity index (χ3v) is 3.69. The van der Waals surface area contributed by atoms with Crippen molar-refractivity contribution in [3.05, 3.63) is 40.8 Å². The number of benzene rings is 1. The maximum atomic E-state index is 13.9. The number of hydrogen-bond acceptors (Lipinski definition) is 2. The average Bonchev–Trinajstić information content (AvgIpc) is 2.36. The van der Waals surface area contributed by atoms with Crippen molar-refractivity contribution in [1.82, 2.24) is 4.98 Å². The van der Waals surface area contributed by atoms with Gasteiger partial charge in [-0.3, -0.25) is 0 Å². The van der Waals surface area contributed by atoms with Gasteiger partial charge in [-0.2, -0.15) is 0 Å². The number of halogens is 1. The molecule has 0 radical (unpaired) electrons. The van der Waals surface area contributed by atoms with Crippen molar-refractivity contribution >= 4 is 28.1 Å². The van der Waals surface area contributed by atoms with Gasteiger partial charge >= 0.3 is 0 Å². The van der Waals surface area contributed by atoms with Gasteiger partial charge in [0.25, 0.3) is 0 Å². The highest BCUT2D eigenvalue weighted by Gasteiger charge is 2.20. The van der Waals surface area contributed by atoms with Crippen LogP contribution in [0.3, 0.4) is 0 Å². The highest BCUT2D eigenvalue weighted by molar-refractivity contribution is 7.80. The van der Waals surface area contributed by atoms with Crippen LogP contribution in [0.4, 0.5) is 4.39 Å². The van der Waals surface area contributed by atoms with E-state index in [2.05, 4.69) is 4.98 Å². The van der Waals surface area contributed by atoms with Crippen molar-refractivity contribution in [2.45, 2.75) is 25.7 Å². The van der Waals surface area contributed by atoms with Gasteiger partial charge in [-0.1, -0.05) is 24.4 Å². The molecular weight excluding hydrogens is 247 g/mol. The monoisotopic (exact) mass is 260 g/mol. The van der Waals surface area contributed by atoms with Gasteiger partial charge in [0.2, 0.25) is 0 Å². The van der Waals surface area contributed by atoms with Gasteiger partial charge in [0.1, 0.15) is 16.3 Å². The molecule has 4 heteroatoms. The van der Waals surface area contributed by atoms with E-state index in [0.29, 0.717) is 10.5 Å². The van der Waals surface area contributed by atoms with Crippen LogP contribution in [0, 0.1) is 5.82 Å². The molecule has 0 spiro atoms. The second-order valence-corrected chi connectivity index (χ2v) is 5.06. The Labute approximate surface area is 110 Å². The zero-order chi connectivity index (χ0) is 12.7. The van der Waals surface area contributed by atoms with Crippen LogP contribution in [0.25, 0.3) is 10.9 Å². The molecule has 18 heavy (non-hydrogen) atoms. The summed E-state index contributed by atoms with van der Waals surface area (Å²) in [6.07, 6.45) is 4.03. The maximum Gasteiger partial charge on any atom is 0.149 e. The molecule has 92 valence electrons. The van der Waals surface area contributed by atoms with Crippen LogP contribution in [0.5, 0.6) is 0 Å². The molecule has 0 fully saturated rings. The third kappa shape index (κ3) is 1.68. The number of aromatic nitrogens is 1. The number of nitrogens with zero attached hydrogens (tertiary/aromatic N) is 1. The van der Waals surface area contributed by atoms with Gasteiger partial charge in [0.05, 0.1) is 0 Å². The molecule has 2 nitrogen and oxygen atoms in total. The van der Waals surface area contributed by atoms with Gasteiger partial charge in [-0.25, -0.2) is 9.37 Å². The normalized spacial score (nSPS) is 14.5. The SMILES string of the molecule is NC(=S)c1c2c(nc3c(F)cccc13)CCCC2. The van der Waals surface area contributed by atoms with E-state index in [4.69, 9.17) is 18.0 Å². The first-order valence-corrected chi connectivity index (χ1v) is 6.49. The fourth-order valence-corrected chi connectivity index (χ4v) is 2.92. The lowest BCUT2D eigenvalue weighted by Crippen LogP contribution is -2.18. The molecule has 1 aliphatic rings. The van der Waals surface area contributed by atoms with E-state index < -0.39 is 0 Å². The molecule has 0 aliphatic heterocycles. The Morgan fingerprint density at radius 1 is 1.28 bits per heavy atom. The summed E-state index contributed by atoms with van der Waals surface area (Å²) in [5.41, 5.74) is 9.13. The Kier molecular flexibility index (Phi) is 2.74. The molecule has 1 aromatic carbocycles. The molecule has 2 N–H and O–H groups in total. The first-order chi connectivity index (χ1) is 8.68. The smallest absolute Gasteiger partial charge is 0.149 e. The molecule has 1 aromatic heterocycles. The van der Waals surface area contributed by atoms with E-state index in [0.717, 1.165) is 47.9 Å². The number of thiocarbonyl (C=S) groups is 1. The van der Waals surface area contributed by atoms with Gasteiger partial charge in [0, 0.05) is 16.6 Å². The Morgan fingerprint density at radius 2 is 2.06 bits per heavy atom. The topological polar surface area (TPSA) is 38.9 Å². The first kappa shape index (κ1) is 11.5. The fraction of sp³-hybridized carbons (Fsp3) is 0.286. The number of nitrogens with two attached hydrogens (primary N) is 1. The number of rotatable bonds is 1. The molecule has 0 amide bonds. The molecule has 0 bridgehead atoms. The van der Waals surface area contributed by atoms with Crippen LogP contribution >= 0.6 is 12.2 Å². The Morgan fingerprint density at radius 3 is 2.83 bits per heavy atom. The number of hydrogen-bond donors (Lipinski definition) is 1. The first-order valence-electron chi connectivity index (χ1n) is 6.08. The predicted octanol–water partition coefficient (Wildman–Crippen LogP) is 2.89. The van der Waals surface area contributed by atoms with Gasteiger partial charge in [-0.15, -0.1) is 0 Å². The van der Waals surface area contributed by atoms with Crippen LogP contribution in [-0.2, 0) is 12.8 Å². The second-order valence-electron chi connectivity index (χ2n) is 4.62. The zero-order valence-corrected chi connectivity index (χ0v) is 10.7. The minimum atomic E-state index is -0.307. The predicted molar refractivity (Wildman–Crippen MR) is 74.2 cm³/mol. The Balaban J connectivity index is 2.44. The maximum absolute atomic E-state index is 13.9. The minimum Gasteiger partial charge on any atom is -0.389 e. The summed E-state index contributed by atoms with van der Waals surface area (Å²) in [7, 11) is 0. The molecule has 0 saturated carbocycles. The summed E-state index contributed by atoms with van der Waals surface area (Å²) in [5.74, 6) is -0.307. The van der Waals surface area contributed by atoms with Crippen molar-refractivity contribution in [2.75, 3.05) is 0 Å². The summed E-state index contributed by atoms with van der Waals surface area (Å²) in [6.45, 7) is 0. The quantitative estimate of drug-likeness (QED) is 0.801. The Bertz CT molecular complexity index is 652. The molecule has 3 rings (SSSR count). The lowest BCUT2D eigenvalue weighted by Gasteiger charge is -2.20. The number of pyridine rings is 1. The number of aryl methyl sites for hydroxylation is 1. The summed E-state index contributed by atoms with van der Waals surface area (Å²) < 4.78 is 13.9. The van der Waals surface area contributed by atoms with E-state index in [9.17, 15) is 4.39 Å². The van der Waals surface area contributed by atoms with E-state index >= 15 is 0 Å². The van der Waals surface area contributed by atoms with Crippen molar-refractivity contribution < 1.29 is 4.39 Å². The molecule has 0 saturated heterocycles. The molecule has 0 unspecified atom stereocenters. The van der Waals surface area contributed by atoms with Gasteiger partial charge in [-0.05, 0) is 37.3 Å². The largest absolute Gasteiger partial charge is 0.389 e. The second kappa shape index (κ2) is 4.28. The molecule has 2 aromatic rings. The molecular formula is C14H13FN2S. The van der Waals surface area contributed by atoms with Crippen LogP contribution < -0.4 is 5.73 Å². The van der Waals surface area contributed by atoms with Crippen LogP contribution in [-0.4, -0.2) is 9.97 Å². The average molecular weight is 260 g/mol. The minimum absolute atomic E-state index is 0.307. The van der Waals surface area contributed by atoms with Crippen molar-refractivity contribution in [1.29, 1.82) is 0 Å². The molecule has 1 heterocycles. The van der Waals surface area contributed by atoms with Gasteiger partial charge in [0.15, 0.2) is 0 Å². The van der Waals surface area contributed by atoms with Crippen molar-refractivity contribution in [3.8, 4) is 0 Å². The lowest BCUT2D eigenvalue weighted by molar-refractivity contribution is 0.631. The Hall–Kier alpha value is -1.55. The summed E-state index contributed by atoms with van der Waals surface area (Å²) in [5, 5.41) is 0.739. The summed E-state index contributed by atoms with van der Waals surface area (Å²) in [4.78, 5) is 4.81. The highest BCUT2D eigenvalue weighted by Crippen LogP contribution is 2.30. The highest BCUT2D eigenvalue weighted by atomic mass is 32.1. The van der Waals surface area contributed by atoms with Crippen molar-refractivity contribution in [2.24, 2.45) is 5.73 Å². The van der Waals surface area contributed by atoms with Crippen LogP contribution in [0.2, 0.25) is 0 Å². The van der Waals surface area contributed by atoms with E-state index in [1.54, 1.807) is 6.07 Å².